The number of aryl methyl sites for hydroxylation is 1. The van der Waals surface area contributed by atoms with Gasteiger partial charge in [0.15, 0.2) is 0 Å². The fourth-order valence-electron chi connectivity index (χ4n) is 3.53. The van der Waals surface area contributed by atoms with Crippen LogP contribution >= 0.6 is 11.3 Å². The van der Waals surface area contributed by atoms with Crippen molar-refractivity contribution in [2.24, 2.45) is 0 Å². The van der Waals surface area contributed by atoms with Crippen LogP contribution in [0.1, 0.15) is 41.9 Å². The third-order valence-corrected chi connectivity index (χ3v) is 5.54. The highest BCUT2D eigenvalue weighted by Gasteiger charge is 2.43. The minimum atomic E-state index is -0.406. The topological polar surface area (TPSA) is 71.0 Å². The van der Waals surface area contributed by atoms with E-state index in [4.69, 9.17) is 0 Å². The summed E-state index contributed by atoms with van der Waals surface area (Å²) in [6, 6.07) is 1.58. The summed E-state index contributed by atoms with van der Waals surface area (Å²) in [6.07, 6.45) is 4.52. The van der Waals surface area contributed by atoms with E-state index in [0.717, 1.165) is 29.8 Å². The van der Waals surface area contributed by atoms with Gasteiger partial charge in [-0.25, -0.2) is 9.78 Å². The summed E-state index contributed by atoms with van der Waals surface area (Å²) in [4.78, 5) is 18.2. The zero-order valence-corrected chi connectivity index (χ0v) is 13.4. The number of amides is 2. The van der Waals surface area contributed by atoms with E-state index in [-0.39, 0.29) is 18.1 Å². The Hall–Kier alpha value is -2.09. The second kappa shape index (κ2) is 5.52. The lowest BCUT2D eigenvalue weighted by Gasteiger charge is -2.35. The van der Waals surface area contributed by atoms with Crippen molar-refractivity contribution in [2.45, 2.75) is 44.7 Å². The molecule has 0 unspecified atom stereocenters. The summed E-state index contributed by atoms with van der Waals surface area (Å²) in [7, 11) is 0. The molecule has 2 aliphatic heterocycles. The molecule has 0 aliphatic carbocycles. The van der Waals surface area contributed by atoms with Crippen LogP contribution < -0.4 is 5.32 Å². The molecule has 23 heavy (non-hydrogen) atoms. The first-order valence-electron chi connectivity index (χ1n) is 7.72. The van der Waals surface area contributed by atoms with Gasteiger partial charge in [-0.1, -0.05) is 18.3 Å². The SMILES string of the molecule is CCc1nnc(NC(=O)N2[C@@H]3CC[C@H]2c2ccnc(F)c2C3)s1. The van der Waals surface area contributed by atoms with Gasteiger partial charge in [-0.3, -0.25) is 5.32 Å². The predicted molar refractivity (Wildman–Crippen MR) is 83.8 cm³/mol. The predicted octanol–water partition coefficient (Wildman–Crippen LogP) is 2.93. The van der Waals surface area contributed by atoms with Gasteiger partial charge in [0.25, 0.3) is 0 Å². The van der Waals surface area contributed by atoms with Gasteiger partial charge in [0.1, 0.15) is 5.01 Å². The number of urea groups is 1. The Bertz CT molecular complexity index is 764. The van der Waals surface area contributed by atoms with Crippen molar-refractivity contribution in [3.63, 3.8) is 0 Å². The number of aromatic nitrogens is 3. The van der Waals surface area contributed by atoms with E-state index in [1.165, 1.54) is 17.5 Å². The molecule has 2 amide bonds. The average Bonchev–Trinajstić information content (AvgIpc) is 3.12. The van der Waals surface area contributed by atoms with Crippen molar-refractivity contribution >= 4 is 22.5 Å². The summed E-state index contributed by atoms with van der Waals surface area (Å²) in [5.74, 6) is -0.406. The van der Waals surface area contributed by atoms with E-state index in [1.54, 1.807) is 0 Å². The quantitative estimate of drug-likeness (QED) is 0.858. The zero-order valence-electron chi connectivity index (χ0n) is 12.6. The summed E-state index contributed by atoms with van der Waals surface area (Å²) in [5, 5.41) is 12.2. The van der Waals surface area contributed by atoms with Crippen molar-refractivity contribution in [1.29, 1.82) is 0 Å². The molecule has 2 atom stereocenters. The molecular weight excluding hydrogens is 317 g/mol. The molecule has 2 aliphatic rings. The molecule has 6 nitrogen and oxygen atoms in total. The van der Waals surface area contributed by atoms with Crippen LogP contribution in [0.15, 0.2) is 12.3 Å². The van der Waals surface area contributed by atoms with Gasteiger partial charge in [-0.15, -0.1) is 10.2 Å². The Balaban J connectivity index is 1.59. The number of hydrogen-bond acceptors (Lipinski definition) is 5. The van der Waals surface area contributed by atoms with E-state index in [9.17, 15) is 9.18 Å². The van der Waals surface area contributed by atoms with E-state index < -0.39 is 5.95 Å². The molecule has 120 valence electrons. The summed E-state index contributed by atoms with van der Waals surface area (Å²) < 4.78 is 13.9. The standard InChI is InChI=1S/C15H16FN5OS/c1-2-12-19-20-14(23-12)18-15(22)21-8-3-4-11(21)9-5-6-17-13(16)10(9)7-8/h5-6,8,11H,2-4,7H2,1H3,(H,18,20,22)/t8-,11+/m1/s1. The molecular formula is C15H16FN5OS. The number of anilines is 1. The molecule has 4 heterocycles. The van der Waals surface area contributed by atoms with Crippen LogP contribution in [0.25, 0.3) is 0 Å². The molecule has 2 aromatic heterocycles. The molecule has 0 spiro atoms. The minimum absolute atomic E-state index is 0.0183. The first-order valence-corrected chi connectivity index (χ1v) is 8.54. The Labute approximate surface area is 136 Å². The highest BCUT2D eigenvalue weighted by molar-refractivity contribution is 7.15. The number of fused-ring (bicyclic) bond motifs is 4. The molecule has 8 heteroatoms. The van der Waals surface area contributed by atoms with Crippen molar-refractivity contribution < 1.29 is 9.18 Å². The maximum Gasteiger partial charge on any atom is 0.324 e. The van der Waals surface area contributed by atoms with Crippen LogP contribution in [-0.2, 0) is 12.8 Å². The summed E-state index contributed by atoms with van der Waals surface area (Å²) >= 11 is 1.39. The number of hydrogen-bond donors (Lipinski definition) is 1. The fourth-order valence-corrected chi connectivity index (χ4v) is 4.20. The first-order chi connectivity index (χ1) is 11.2. The zero-order chi connectivity index (χ0) is 16.0. The van der Waals surface area contributed by atoms with Gasteiger partial charge in [0.2, 0.25) is 11.1 Å². The maximum atomic E-state index is 13.9. The number of halogens is 1. The number of nitrogens with zero attached hydrogens (tertiary/aromatic N) is 4. The van der Waals surface area contributed by atoms with Gasteiger partial charge in [-0.2, -0.15) is 4.39 Å². The van der Waals surface area contributed by atoms with Crippen molar-refractivity contribution in [2.75, 3.05) is 5.32 Å². The first kappa shape index (κ1) is 14.5. The van der Waals surface area contributed by atoms with Crippen LogP contribution in [0.2, 0.25) is 0 Å². The molecule has 1 N–H and O–H groups in total. The van der Waals surface area contributed by atoms with Crippen molar-refractivity contribution in [3.05, 3.63) is 34.3 Å². The third kappa shape index (κ3) is 2.37. The van der Waals surface area contributed by atoms with Crippen LogP contribution in [-0.4, -0.2) is 32.2 Å². The van der Waals surface area contributed by atoms with Gasteiger partial charge >= 0.3 is 6.03 Å². The van der Waals surface area contributed by atoms with Crippen molar-refractivity contribution in [1.82, 2.24) is 20.1 Å². The van der Waals surface area contributed by atoms with E-state index in [2.05, 4.69) is 20.5 Å². The second-order valence-electron chi connectivity index (χ2n) is 5.81. The molecule has 0 aromatic carbocycles. The highest BCUT2D eigenvalue weighted by Crippen LogP contribution is 2.44. The average molecular weight is 333 g/mol. The maximum absolute atomic E-state index is 13.9. The van der Waals surface area contributed by atoms with Gasteiger partial charge in [-0.05, 0) is 37.3 Å². The Kier molecular flexibility index (Phi) is 3.48. The molecule has 1 saturated heterocycles. The number of rotatable bonds is 2. The number of carbonyl (C=O) groups is 1. The Morgan fingerprint density at radius 2 is 2.35 bits per heavy atom. The van der Waals surface area contributed by atoms with Gasteiger partial charge in [0, 0.05) is 17.8 Å². The minimum Gasteiger partial charge on any atom is -0.314 e. The van der Waals surface area contributed by atoms with E-state index in [1.807, 2.05) is 17.9 Å². The largest absolute Gasteiger partial charge is 0.324 e. The molecule has 1 fully saturated rings. The molecule has 0 saturated carbocycles. The number of nitrogens with one attached hydrogen (secondary N) is 1. The molecule has 2 aromatic rings. The van der Waals surface area contributed by atoms with Crippen LogP contribution in [0, 0.1) is 5.95 Å². The smallest absolute Gasteiger partial charge is 0.314 e. The lowest BCUT2D eigenvalue weighted by atomic mass is 9.95. The molecule has 0 radical (unpaired) electrons. The lowest BCUT2D eigenvalue weighted by Crippen LogP contribution is -2.44. The fraction of sp³-hybridized carbons (Fsp3) is 0.467. The number of pyridine rings is 1. The van der Waals surface area contributed by atoms with Crippen LogP contribution in [0.4, 0.5) is 14.3 Å². The molecule has 4 rings (SSSR count). The van der Waals surface area contributed by atoms with Crippen molar-refractivity contribution in [3.8, 4) is 0 Å². The van der Waals surface area contributed by atoms with E-state index in [0.29, 0.717) is 17.1 Å². The van der Waals surface area contributed by atoms with Crippen LogP contribution in [0.3, 0.4) is 0 Å². The van der Waals surface area contributed by atoms with E-state index >= 15 is 0 Å². The normalized spacial score (nSPS) is 22.1. The second-order valence-corrected chi connectivity index (χ2v) is 6.87. The molecule has 2 bridgehead atoms. The lowest BCUT2D eigenvalue weighted by molar-refractivity contribution is 0.178. The van der Waals surface area contributed by atoms with Gasteiger partial charge in [0.05, 0.1) is 6.04 Å². The third-order valence-electron chi connectivity index (χ3n) is 4.56. The van der Waals surface area contributed by atoms with Gasteiger partial charge < -0.3 is 4.90 Å². The number of carbonyl (C=O) groups excluding carboxylic acids is 1. The summed E-state index contributed by atoms with van der Waals surface area (Å²) in [5.41, 5.74) is 1.54. The summed E-state index contributed by atoms with van der Waals surface area (Å²) in [6.45, 7) is 2.00. The van der Waals surface area contributed by atoms with Crippen LogP contribution in [0.5, 0.6) is 0 Å². The Morgan fingerprint density at radius 3 is 3.13 bits per heavy atom. The monoisotopic (exact) mass is 333 g/mol. The highest BCUT2D eigenvalue weighted by atomic mass is 32.1. The Morgan fingerprint density at radius 1 is 1.48 bits per heavy atom.